The standard InChI is InChI=1S/C14H12N4O2/c15-8-5-6-12-11(7-8)17-14(20)18(12)13(19)9-3-1-2-4-10(9)16/h1-7H,15-16H2,(H,17,20). The topological polar surface area (TPSA) is 107 Å². The SMILES string of the molecule is Nc1ccc2c(c1)[nH]c(=O)n2C(=O)c1ccccc1N. The van der Waals surface area contributed by atoms with Gasteiger partial charge in [-0.1, -0.05) is 12.1 Å². The summed E-state index contributed by atoms with van der Waals surface area (Å²) < 4.78 is 1.06. The van der Waals surface area contributed by atoms with Crippen LogP contribution < -0.4 is 17.2 Å². The maximum Gasteiger partial charge on any atom is 0.333 e. The molecule has 0 aliphatic carbocycles. The minimum Gasteiger partial charge on any atom is -0.399 e. The van der Waals surface area contributed by atoms with Crippen molar-refractivity contribution in [1.82, 2.24) is 9.55 Å². The van der Waals surface area contributed by atoms with Crippen LogP contribution in [-0.2, 0) is 0 Å². The van der Waals surface area contributed by atoms with Crippen molar-refractivity contribution in [3.05, 3.63) is 58.5 Å². The first-order valence-electron chi connectivity index (χ1n) is 5.97. The molecule has 0 atom stereocenters. The van der Waals surface area contributed by atoms with Crippen LogP contribution in [0.2, 0.25) is 0 Å². The molecule has 5 N–H and O–H groups in total. The van der Waals surface area contributed by atoms with Crippen LogP contribution in [0, 0.1) is 0 Å². The summed E-state index contributed by atoms with van der Waals surface area (Å²) in [6, 6.07) is 11.5. The second-order valence-corrected chi connectivity index (χ2v) is 4.43. The Morgan fingerprint density at radius 3 is 2.60 bits per heavy atom. The van der Waals surface area contributed by atoms with Crippen molar-refractivity contribution in [2.24, 2.45) is 0 Å². The number of hydrogen-bond donors (Lipinski definition) is 3. The smallest absolute Gasteiger partial charge is 0.333 e. The van der Waals surface area contributed by atoms with Crippen molar-refractivity contribution in [1.29, 1.82) is 0 Å². The number of nitrogens with one attached hydrogen (secondary N) is 1. The molecule has 0 fully saturated rings. The third-order valence-electron chi connectivity index (χ3n) is 3.10. The summed E-state index contributed by atoms with van der Waals surface area (Å²) in [5.74, 6) is -0.468. The van der Waals surface area contributed by atoms with E-state index in [2.05, 4.69) is 4.98 Å². The first-order chi connectivity index (χ1) is 9.58. The lowest BCUT2D eigenvalue weighted by Crippen LogP contribution is -2.25. The van der Waals surface area contributed by atoms with Crippen molar-refractivity contribution >= 4 is 28.3 Å². The summed E-state index contributed by atoms with van der Waals surface area (Å²) in [5, 5.41) is 0. The fourth-order valence-electron chi connectivity index (χ4n) is 2.14. The number of nitrogen functional groups attached to an aromatic ring is 2. The lowest BCUT2D eigenvalue weighted by atomic mass is 10.1. The molecule has 0 amide bonds. The molecule has 1 aromatic heterocycles. The molecular formula is C14H12N4O2. The van der Waals surface area contributed by atoms with E-state index in [-0.39, 0.29) is 5.56 Å². The lowest BCUT2D eigenvalue weighted by molar-refractivity contribution is 0.0962. The second-order valence-electron chi connectivity index (χ2n) is 4.43. The molecule has 0 saturated heterocycles. The van der Waals surface area contributed by atoms with Gasteiger partial charge in [-0.2, -0.15) is 0 Å². The van der Waals surface area contributed by atoms with E-state index in [1.54, 1.807) is 42.5 Å². The normalized spacial score (nSPS) is 10.8. The molecule has 1 heterocycles. The molecule has 0 radical (unpaired) electrons. The fourth-order valence-corrected chi connectivity index (χ4v) is 2.14. The quantitative estimate of drug-likeness (QED) is 0.576. The minimum atomic E-state index is -0.515. The van der Waals surface area contributed by atoms with Crippen LogP contribution in [-0.4, -0.2) is 15.5 Å². The summed E-state index contributed by atoms with van der Waals surface area (Å²) in [7, 11) is 0. The van der Waals surface area contributed by atoms with Gasteiger partial charge >= 0.3 is 5.69 Å². The average Bonchev–Trinajstić information content (AvgIpc) is 2.73. The zero-order valence-electron chi connectivity index (χ0n) is 10.5. The highest BCUT2D eigenvalue weighted by Crippen LogP contribution is 2.17. The Kier molecular flexibility index (Phi) is 2.57. The van der Waals surface area contributed by atoms with Crippen LogP contribution in [0.25, 0.3) is 11.0 Å². The maximum atomic E-state index is 12.5. The predicted molar refractivity (Wildman–Crippen MR) is 77.6 cm³/mol. The van der Waals surface area contributed by atoms with Crippen LogP contribution in [0.15, 0.2) is 47.3 Å². The number of hydrogen-bond acceptors (Lipinski definition) is 4. The van der Waals surface area contributed by atoms with Gasteiger partial charge in [-0.25, -0.2) is 9.36 Å². The van der Waals surface area contributed by atoms with Gasteiger partial charge in [0.05, 0.1) is 16.6 Å². The number of carbonyl (C=O) groups is 1. The Hall–Kier alpha value is -3.02. The molecule has 20 heavy (non-hydrogen) atoms. The van der Waals surface area contributed by atoms with E-state index in [9.17, 15) is 9.59 Å². The first-order valence-corrected chi connectivity index (χ1v) is 5.97. The van der Waals surface area contributed by atoms with Gasteiger partial charge in [0.25, 0.3) is 5.91 Å². The molecule has 3 aromatic rings. The number of fused-ring (bicyclic) bond motifs is 1. The van der Waals surface area contributed by atoms with E-state index in [1.165, 1.54) is 0 Å². The number of nitrogens with two attached hydrogens (primary N) is 2. The van der Waals surface area contributed by atoms with E-state index in [4.69, 9.17) is 11.5 Å². The van der Waals surface area contributed by atoms with Crippen molar-refractivity contribution < 1.29 is 4.79 Å². The Bertz CT molecular complexity index is 876. The van der Waals surface area contributed by atoms with Gasteiger partial charge in [0.15, 0.2) is 0 Å². The number of nitrogens with zero attached hydrogens (tertiary/aromatic N) is 1. The molecule has 100 valence electrons. The number of anilines is 2. The number of rotatable bonds is 1. The van der Waals surface area contributed by atoms with Gasteiger partial charge in [0.2, 0.25) is 0 Å². The van der Waals surface area contributed by atoms with Gasteiger partial charge < -0.3 is 16.5 Å². The Labute approximate surface area is 113 Å². The van der Waals surface area contributed by atoms with E-state index in [0.717, 1.165) is 4.57 Å². The van der Waals surface area contributed by atoms with Gasteiger partial charge in [-0.3, -0.25) is 4.79 Å². The molecule has 6 nitrogen and oxygen atoms in total. The van der Waals surface area contributed by atoms with Gasteiger partial charge in [-0.05, 0) is 30.3 Å². The zero-order chi connectivity index (χ0) is 14.3. The number of benzene rings is 2. The van der Waals surface area contributed by atoms with Crippen molar-refractivity contribution in [2.45, 2.75) is 0 Å². The highest BCUT2D eigenvalue weighted by molar-refractivity contribution is 6.04. The van der Waals surface area contributed by atoms with Crippen LogP contribution in [0.4, 0.5) is 11.4 Å². The molecule has 6 heteroatoms. The second kappa shape index (κ2) is 4.27. The van der Waals surface area contributed by atoms with Crippen LogP contribution >= 0.6 is 0 Å². The summed E-state index contributed by atoms with van der Waals surface area (Å²) in [5.41, 5.74) is 13.0. The van der Waals surface area contributed by atoms with Crippen LogP contribution in [0.1, 0.15) is 10.4 Å². The first kappa shape index (κ1) is 12.0. The number of H-pyrrole nitrogens is 1. The Morgan fingerprint density at radius 1 is 1.10 bits per heavy atom. The van der Waals surface area contributed by atoms with E-state index >= 15 is 0 Å². The summed E-state index contributed by atoms with van der Waals surface area (Å²) in [6.45, 7) is 0. The highest BCUT2D eigenvalue weighted by atomic mass is 16.2. The Morgan fingerprint density at radius 2 is 1.85 bits per heavy atom. The lowest BCUT2D eigenvalue weighted by Gasteiger charge is -2.05. The van der Waals surface area contributed by atoms with Gasteiger partial charge in [0, 0.05) is 11.4 Å². The molecule has 0 spiro atoms. The number of para-hydroxylation sites is 1. The van der Waals surface area contributed by atoms with Gasteiger partial charge in [0.1, 0.15) is 0 Å². The van der Waals surface area contributed by atoms with Crippen LogP contribution in [0.3, 0.4) is 0 Å². The molecule has 3 rings (SSSR count). The summed E-state index contributed by atoms with van der Waals surface area (Å²) in [6.07, 6.45) is 0. The number of carbonyl (C=O) groups excluding carboxylic acids is 1. The fraction of sp³-hybridized carbons (Fsp3) is 0. The molecule has 0 aliphatic heterocycles. The van der Waals surface area contributed by atoms with Crippen molar-refractivity contribution in [3.63, 3.8) is 0 Å². The predicted octanol–water partition coefficient (Wildman–Crippen LogP) is 1.18. The largest absolute Gasteiger partial charge is 0.399 e. The van der Waals surface area contributed by atoms with E-state index in [0.29, 0.717) is 22.4 Å². The third kappa shape index (κ3) is 1.74. The average molecular weight is 268 g/mol. The van der Waals surface area contributed by atoms with Gasteiger partial charge in [-0.15, -0.1) is 0 Å². The van der Waals surface area contributed by atoms with Crippen molar-refractivity contribution in [2.75, 3.05) is 11.5 Å². The number of aromatic amines is 1. The molecule has 0 bridgehead atoms. The van der Waals surface area contributed by atoms with Crippen molar-refractivity contribution in [3.8, 4) is 0 Å². The molecule has 2 aromatic carbocycles. The van der Waals surface area contributed by atoms with E-state index in [1.807, 2.05) is 0 Å². The number of aromatic nitrogens is 2. The zero-order valence-corrected chi connectivity index (χ0v) is 10.5. The summed E-state index contributed by atoms with van der Waals surface area (Å²) >= 11 is 0. The molecule has 0 saturated carbocycles. The maximum absolute atomic E-state index is 12.5. The third-order valence-corrected chi connectivity index (χ3v) is 3.10. The van der Waals surface area contributed by atoms with E-state index < -0.39 is 11.6 Å². The Balaban J connectivity index is 2.25. The molecular weight excluding hydrogens is 256 g/mol. The molecule has 0 aliphatic rings. The number of imidazole rings is 1. The highest BCUT2D eigenvalue weighted by Gasteiger charge is 2.17. The van der Waals surface area contributed by atoms with Crippen LogP contribution in [0.5, 0.6) is 0 Å². The molecule has 0 unspecified atom stereocenters. The monoisotopic (exact) mass is 268 g/mol. The minimum absolute atomic E-state index is 0.285. The summed E-state index contributed by atoms with van der Waals surface area (Å²) in [4.78, 5) is 27.1.